The van der Waals surface area contributed by atoms with Gasteiger partial charge in [-0.25, -0.2) is 13.1 Å². The third kappa shape index (κ3) is 4.57. The Hall–Kier alpha value is -2.18. The molecule has 1 aliphatic rings. The first kappa shape index (κ1) is 19.6. The van der Waals surface area contributed by atoms with Crippen LogP contribution in [0, 0.1) is 0 Å². The molecule has 6 heteroatoms. The van der Waals surface area contributed by atoms with Crippen molar-refractivity contribution in [3.63, 3.8) is 0 Å². The van der Waals surface area contributed by atoms with Gasteiger partial charge in [-0.2, -0.15) is 0 Å². The van der Waals surface area contributed by atoms with Gasteiger partial charge in [-0.15, -0.1) is 0 Å². The van der Waals surface area contributed by atoms with Gasteiger partial charge < -0.3 is 5.32 Å². The van der Waals surface area contributed by atoms with E-state index in [9.17, 15) is 13.2 Å². The van der Waals surface area contributed by atoms with Crippen LogP contribution in [0.5, 0.6) is 0 Å². The Kier molecular flexibility index (Phi) is 5.97. The number of nitrogens with one attached hydrogen (secondary N) is 2. The highest BCUT2D eigenvalue weighted by atomic mass is 32.2. The van der Waals surface area contributed by atoms with Crippen LogP contribution in [0.1, 0.15) is 60.6 Å². The predicted molar refractivity (Wildman–Crippen MR) is 106 cm³/mol. The van der Waals surface area contributed by atoms with Crippen molar-refractivity contribution in [1.29, 1.82) is 0 Å². The van der Waals surface area contributed by atoms with Crippen LogP contribution in [0.25, 0.3) is 0 Å². The fourth-order valence-corrected chi connectivity index (χ4v) is 4.67. The van der Waals surface area contributed by atoms with Crippen LogP contribution in [-0.2, 0) is 16.4 Å². The first-order valence-electron chi connectivity index (χ1n) is 9.41. The van der Waals surface area contributed by atoms with E-state index in [4.69, 9.17) is 0 Å². The van der Waals surface area contributed by atoms with Crippen LogP contribution in [0.3, 0.4) is 0 Å². The minimum absolute atomic E-state index is 0.00192. The van der Waals surface area contributed by atoms with Gasteiger partial charge in [0.2, 0.25) is 10.0 Å². The molecular formula is C21H26N2O3S. The maximum Gasteiger partial charge on any atom is 0.251 e. The van der Waals surface area contributed by atoms with E-state index in [2.05, 4.69) is 22.2 Å². The van der Waals surface area contributed by atoms with Crippen molar-refractivity contribution in [3.8, 4) is 0 Å². The Morgan fingerprint density at radius 1 is 1.15 bits per heavy atom. The second kappa shape index (κ2) is 8.23. The fraction of sp³-hybridized carbons (Fsp3) is 0.381. The maximum atomic E-state index is 12.6. The van der Waals surface area contributed by atoms with Crippen molar-refractivity contribution in [2.45, 2.75) is 56.5 Å². The average Bonchev–Trinajstić information content (AvgIpc) is 2.68. The standard InChI is InChI=1S/C21H26N2O3S/c1-3-15(2)23-27(25,26)18-13-11-17(12-14-18)21(24)22-20-10-6-8-16-7-4-5-9-19(16)20/h4-5,7,9,11-15,20,23H,3,6,8,10H2,1-2H3,(H,22,24)/t15-,20-/m1/s1. The van der Waals surface area contributed by atoms with Crippen molar-refractivity contribution >= 4 is 15.9 Å². The third-order valence-corrected chi connectivity index (χ3v) is 6.68. The number of amides is 1. The second-order valence-corrected chi connectivity index (χ2v) is 8.79. The number of sulfonamides is 1. The summed E-state index contributed by atoms with van der Waals surface area (Å²) in [7, 11) is -3.56. The van der Waals surface area contributed by atoms with Crippen LogP contribution in [0.2, 0.25) is 0 Å². The van der Waals surface area contributed by atoms with E-state index in [-0.39, 0.29) is 22.9 Å². The Morgan fingerprint density at radius 3 is 2.56 bits per heavy atom. The van der Waals surface area contributed by atoms with E-state index >= 15 is 0 Å². The van der Waals surface area contributed by atoms with E-state index in [1.54, 1.807) is 12.1 Å². The molecular weight excluding hydrogens is 360 g/mol. The number of hydrogen-bond donors (Lipinski definition) is 2. The topological polar surface area (TPSA) is 75.3 Å². The molecule has 0 fully saturated rings. The molecule has 2 N–H and O–H groups in total. The number of carbonyl (C=O) groups excluding carboxylic acids is 1. The molecule has 0 aromatic heterocycles. The Labute approximate surface area is 161 Å². The molecule has 2 aromatic rings. The van der Waals surface area contributed by atoms with E-state index in [0.717, 1.165) is 19.3 Å². The van der Waals surface area contributed by atoms with Crippen LogP contribution < -0.4 is 10.0 Å². The van der Waals surface area contributed by atoms with Gasteiger partial charge in [0.25, 0.3) is 5.91 Å². The van der Waals surface area contributed by atoms with Crippen molar-refractivity contribution in [2.24, 2.45) is 0 Å². The molecule has 0 bridgehead atoms. The highest BCUT2D eigenvalue weighted by molar-refractivity contribution is 7.89. The Balaban J connectivity index is 1.72. The summed E-state index contributed by atoms with van der Waals surface area (Å²) in [4.78, 5) is 12.8. The lowest BCUT2D eigenvalue weighted by molar-refractivity contribution is 0.0932. The largest absolute Gasteiger partial charge is 0.345 e. The number of hydrogen-bond acceptors (Lipinski definition) is 3. The zero-order chi connectivity index (χ0) is 19.4. The lowest BCUT2D eigenvalue weighted by Gasteiger charge is -2.26. The lowest BCUT2D eigenvalue weighted by Crippen LogP contribution is -2.32. The molecule has 2 atom stereocenters. The molecule has 1 aliphatic carbocycles. The number of carbonyl (C=O) groups is 1. The lowest BCUT2D eigenvalue weighted by atomic mass is 9.87. The summed E-state index contributed by atoms with van der Waals surface area (Å²) in [5.41, 5.74) is 2.92. The summed E-state index contributed by atoms with van der Waals surface area (Å²) < 4.78 is 27.3. The van der Waals surface area contributed by atoms with Gasteiger partial charge in [-0.05, 0) is 68.0 Å². The third-order valence-electron chi connectivity index (χ3n) is 5.07. The van der Waals surface area contributed by atoms with E-state index in [1.165, 1.54) is 23.3 Å². The molecule has 0 saturated heterocycles. The quantitative estimate of drug-likeness (QED) is 0.797. The fourth-order valence-electron chi connectivity index (χ4n) is 3.35. The predicted octanol–water partition coefficient (Wildman–Crippen LogP) is 3.57. The first-order valence-corrected chi connectivity index (χ1v) is 10.9. The summed E-state index contributed by atoms with van der Waals surface area (Å²) >= 11 is 0. The van der Waals surface area contributed by atoms with Gasteiger partial charge >= 0.3 is 0 Å². The molecule has 1 amide bonds. The smallest absolute Gasteiger partial charge is 0.251 e. The SMILES string of the molecule is CC[C@@H](C)NS(=O)(=O)c1ccc(C(=O)N[C@@H]2CCCc3ccccc32)cc1. The summed E-state index contributed by atoms with van der Waals surface area (Å²) in [6.45, 7) is 3.74. The summed E-state index contributed by atoms with van der Waals surface area (Å²) in [6.07, 6.45) is 3.70. The van der Waals surface area contributed by atoms with Gasteiger partial charge in [0, 0.05) is 11.6 Å². The Morgan fingerprint density at radius 2 is 1.85 bits per heavy atom. The van der Waals surface area contributed by atoms with Crippen molar-refractivity contribution < 1.29 is 13.2 Å². The zero-order valence-electron chi connectivity index (χ0n) is 15.7. The second-order valence-electron chi connectivity index (χ2n) is 7.07. The number of benzene rings is 2. The number of rotatable bonds is 6. The van der Waals surface area contributed by atoms with Crippen LogP contribution >= 0.6 is 0 Å². The van der Waals surface area contributed by atoms with E-state index in [1.807, 2.05) is 26.0 Å². The number of fused-ring (bicyclic) bond motifs is 1. The molecule has 0 unspecified atom stereocenters. The highest BCUT2D eigenvalue weighted by Gasteiger charge is 2.22. The minimum Gasteiger partial charge on any atom is -0.345 e. The molecule has 0 spiro atoms. The molecule has 0 aliphatic heterocycles. The van der Waals surface area contributed by atoms with Crippen molar-refractivity contribution in [3.05, 3.63) is 65.2 Å². The molecule has 0 radical (unpaired) electrons. The van der Waals surface area contributed by atoms with Crippen LogP contribution in [0.4, 0.5) is 0 Å². The molecule has 27 heavy (non-hydrogen) atoms. The Bertz CT molecular complexity index is 907. The molecule has 144 valence electrons. The number of aryl methyl sites for hydroxylation is 1. The van der Waals surface area contributed by atoms with Gasteiger partial charge in [0.1, 0.15) is 0 Å². The molecule has 5 nitrogen and oxygen atoms in total. The monoisotopic (exact) mass is 386 g/mol. The van der Waals surface area contributed by atoms with Crippen LogP contribution in [0.15, 0.2) is 53.4 Å². The summed E-state index contributed by atoms with van der Waals surface area (Å²) in [5.74, 6) is -0.185. The van der Waals surface area contributed by atoms with Gasteiger partial charge in [-0.3, -0.25) is 4.79 Å². The summed E-state index contributed by atoms with van der Waals surface area (Å²) in [6, 6.07) is 14.1. The van der Waals surface area contributed by atoms with Gasteiger partial charge in [-0.1, -0.05) is 31.2 Å². The van der Waals surface area contributed by atoms with Crippen molar-refractivity contribution in [2.75, 3.05) is 0 Å². The van der Waals surface area contributed by atoms with Crippen molar-refractivity contribution in [1.82, 2.24) is 10.0 Å². The van der Waals surface area contributed by atoms with E-state index < -0.39 is 10.0 Å². The minimum atomic E-state index is -3.56. The van der Waals surface area contributed by atoms with E-state index in [0.29, 0.717) is 12.0 Å². The molecule has 3 rings (SSSR count). The van der Waals surface area contributed by atoms with Gasteiger partial charge in [0.05, 0.1) is 10.9 Å². The average molecular weight is 387 g/mol. The first-order chi connectivity index (χ1) is 12.9. The summed E-state index contributed by atoms with van der Waals surface area (Å²) in [5, 5.41) is 3.09. The molecule has 0 saturated carbocycles. The normalized spacial score (nSPS) is 17.8. The highest BCUT2D eigenvalue weighted by Crippen LogP contribution is 2.29. The molecule has 2 aromatic carbocycles. The molecule has 0 heterocycles. The van der Waals surface area contributed by atoms with Gasteiger partial charge in [0.15, 0.2) is 0 Å². The van der Waals surface area contributed by atoms with Crippen LogP contribution in [-0.4, -0.2) is 20.4 Å². The zero-order valence-corrected chi connectivity index (χ0v) is 16.6. The maximum absolute atomic E-state index is 12.6.